The number of nitrogens with zero attached hydrogens (tertiary/aromatic N) is 3. The summed E-state index contributed by atoms with van der Waals surface area (Å²) in [5.41, 5.74) is 1.13. The van der Waals surface area contributed by atoms with Gasteiger partial charge in [-0.3, -0.25) is 9.79 Å². The lowest BCUT2D eigenvalue weighted by molar-refractivity contribution is -0.131. The van der Waals surface area contributed by atoms with Gasteiger partial charge in [0.25, 0.3) is 0 Å². The van der Waals surface area contributed by atoms with Gasteiger partial charge < -0.3 is 19.9 Å². The summed E-state index contributed by atoms with van der Waals surface area (Å²) in [6.45, 7) is 9.18. The number of carbonyl (C=O) groups is 1. The normalized spacial score (nSPS) is 10.7. The molecule has 0 fully saturated rings. The first-order valence-corrected chi connectivity index (χ1v) is 8.96. The Bertz CT molecular complexity index is 562. The van der Waals surface area contributed by atoms with Crippen LogP contribution in [0.15, 0.2) is 29.3 Å². The van der Waals surface area contributed by atoms with Crippen LogP contribution in [0, 0.1) is 0 Å². The average Bonchev–Trinajstić information content (AvgIpc) is 2.62. The molecule has 0 bridgehead atoms. The molecule has 0 radical (unpaired) electrons. The molecule has 0 saturated carbocycles. The van der Waals surface area contributed by atoms with Crippen molar-refractivity contribution in [1.29, 1.82) is 0 Å². The van der Waals surface area contributed by atoms with Gasteiger partial charge in [0, 0.05) is 33.2 Å². The van der Waals surface area contributed by atoms with E-state index < -0.39 is 0 Å². The third kappa shape index (κ3) is 7.80. The van der Waals surface area contributed by atoms with Crippen molar-refractivity contribution in [2.45, 2.75) is 27.2 Å². The van der Waals surface area contributed by atoms with Crippen molar-refractivity contribution in [3.8, 4) is 5.75 Å². The molecule has 0 aliphatic heterocycles. The monoisotopic (exact) mass is 476 g/mol. The summed E-state index contributed by atoms with van der Waals surface area (Å²) in [4.78, 5) is 20.7. The van der Waals surface area contributed by atoms with Crippen LogP contribution in [0.25, 0.3) is 0 Å². The quantitative estimate of drug-likeness (QED) is 0.338. The number of benzene rings is 1. The molecule has 0 aromatic heterocycles. The molecule has 0 aliphatic carbocycles. The number of hydrogen-bond donors (Lipinski definition) is 1. The Morgan fingerprint density at radius 1 is 1.19 bits per heavy atom. The van der Waals surface area contributed by atoms with Crippen LogP contribution >= 0.6 is 24.0 Å². The van der Waals surface area contributed by atoms with E-state index in [2.05, 4.69) is 16.4 Å². The Balaban J connectivity index is 0.00000625. The smallest absolute Gasteiger partial charge is 0.242 e. The van der Waals surface area contributed by atoms with E-state index in [0.29, 0.717) is 13.1 Å². The van der Waals surface area contributed by atoms with Crippen molar-refractivity contribution in [3.05, 3.63) is 29.8 Å². The van der Waals surface area contributed by atoms with Gasteiger partial charge in [-0.2, -0.15) is 0 Å². The number of amides is 1. The van der Waals surface area contributed by atoms with E-state index in [1.165, 1.54) is 0 Å². The molecule has 0 aliphatic rings. The molecule has 0 heterocycles. The highest BCUT2D eigenvalue weighted by Crippen LogP contribution is 2.17. The zero-order valence-corrected chi connectivity index (χ0v) is 18.9. The van der Waals surface area contributed by atoms with Crippen molar-refractivity contribution in [2.24, 2.45) is 4.99 Å². The molecule has 1 aromatic carbocycles. The van der Waals surface area contributed by atoms with E-state index in [-0.39, 0.29) is 29.9 Å². The lowest BCUT2D eigenvalue weighted by Crippen LogP contribution is -2.45. The summed E-state index contributed by atoms with van der Waals surface area (Å²) in [5, 5.41) is 3.25. The van der Waals surface area contributed by atoms with Gasteiger partial charge in [0.1, 0.15) is 5.75 Å². The summed E-state index contributed by atoms with van der Waals surface area (Å²) >= 11 is 0. The van der Waals surface area contributed by atoms with Crippen LogP contribution in [0.3, 0.4) is 0 Å². The van der Waals surface area contributed by atoms with E-state index in [9.17, 15) is 4.79 Å². The molecule has 1 rings (SSSR count). The number of nitrogens with one attached hydrogen (secondary N) is 1. The van der Waals surface area contributed by atoms with Crippen LogP contribution in [-0.2, 0) is 11.2 Å². The Kier molecular flexibility index (Phi) is 12.9. The van der Waals surface area contributed by atoms with E-state index in [1.54, 1.807) is 7.11 Å². The zero-order chi connectivity index (χ0) is 18.7. The predicted molar refractivity (Wildman–Crippen MR) is 119 cm³/mol. The fraction of sp³-hybridized carbons (Fsp3) is 0.579. The van der Waals surface area contributed by atoms with E-state index in [0.717, 1.165) is 43.3 Å². The van der Waals surface area contributed by atoms with Crippen LogP contribution in [0.2, 0.25) is 0 Å². The Labute approximate surface area is 175 Å². The van der Waals surface area contributed by atoms with Crippen LogP contribution in [0.1, 0.15) is 26.3 Å². The highest BCUT2D eigenvalue weighted by atomic mass is 127. The number of hydrogen-bond acceptors (Lipinski definition) is 3. The minimum absolute atomic E-state index is 0. The summed E-state index contributed by atoms with van der Waals surface area (Å²) in [5.74, 6) is 1.74. The summed E-state index contributed by atoms with van der Waals surface area (Å²) in [6.07, 6.45) is 0.788. The van der Waals surface area contributed by atoms with Gasteiger partial charge in [-0.15, -0.1) is 24.0 Å². The first-order valence-electron chi connectivity index (χ1n) is 8.96. The molecule has 0 unspecified atom stereocenters. The Hall–Kier alpha value is -1.51. The third-order valence-corrected chi connectivity index (χ3v) is 4.02. The fourth-order valence-corrected chi connectivity index (χ4v) is 2.62. The third-order valence-electron chi connectivity index (χ3n) is 4.02. The first-order chi connectivity index (χ1) is 12.1. The SMILES string of the molecule is CCNC(=NCCc1ccccc1OC)N(C)CC(=O)N(CC)CC.I. The number of ether oxygens (including phenoxy) is 1. The van der Waals surface area contributed by atoms with Crippen LogP contribution in [0.4, 0.5) is 0 Å². The molecule has 1 amide bonds. The number of halogens is 1. The predicted octanol–water partition coefficient (Wildman–Crippen LogP) is 2.62. The standard InChI is InChI=1S/C19H32N4O2.HI/c1-6-20-19(22(4)15-18(24)23(7-2)8-3)21-14-13-16-11-9-10-12-17(16)25-5;/h9-12H,6-8,13-15H2,1-5H3,(H,20,21);1H. The molecule has 7 heteroatoms. The number of carbonyl (C=O) groups excluding carboxylic acids is 1. The van der Waals surface area contributed by atoms with Crippen molar-refractivity contribution in [3.63, 3.8) is 0 Å². The van der Waals surface area contributed by atoms with Gasteiger partial charge >= 0.3 is 0 Å². The number of para-hydroxylation sites is 1. The number of guanidine groups is 1. The van der Waals surface area contributed by atoms with Crippen LogP contribution < -0.4 is 10.1 Å². The maximum Gasteiger partial charge on any atom is 0.242 e. The van der Waals surface area contributed by atoms with Gasteiger partial charge in [0.15, 0.2) is 5.96 Å². The lowest BCUT2D eigenvalue weighted by Gasteiger charge is -2.25. The van der Waals surface area contributed by atoms with E-state index >= 15 is 0 Å². The minimum Gasteiger partial charge on any atom is -0.496 e. The molecule has 26 heavy (non-hydrogen) atoms. The fourth-order valence-electron chi connectivity index (χ4n) is 2.62. The maximum atomic E-state index is 12.3. The molecule has 148 valence electrons. The molecule has 6 nitrogen and oxygen atoms in total. The maximum absolute atomic E-state index is 12.3. The highest BCUT2D eigenvalue weighted by Gasteiger charge is 2.15. The highest BCUT2D eigenvalue weighted by molar-refractivity contribution is 14.0. The second kappa shape index (κ2) is 13.7. The lowest BCUT2D eigenvalue weighted by atomic mass is 10.1. The first kappa shape index (κ1) is 24.5. The zero-order valence-electron chi connectivity index (χ0n) is 16.6. The van der Waals surface area contributed by atoms with Crippen LogP contribution in [-0.4, -0.2) is 68.5 Å². The van der Waals surface area contributed by atoms with Gasteiger partial charge in [-0.1, -0.05) is 18.2 Å². The van der Waals surface area contributed by atoms with Crippen molar-refractivity contribution < 1.29 is 9.53 Å². The van der Waals surface area contributed by atoms with Crippen LogP contribution in [0.5, 0.6) is 5.75 Å². The molecular formula is C19H33IN4O2. The van der Waals surface area contributed by atoms with E-state index in [4.69, 9.17) is 4.74 Å². The number of rotatable bonds is 9. The van der Waals surface area contributed by atoms with Gasteiger partial charge in [0.2, 0.25) is 5.91 Å². The second-order valence-corrected chi connectivity index (χ2v) is 5.72. The molecule has 1 aromatic rings. The molecule has 0 spiro atoms. The van der Waals surface area contributed by atoms with Crippen molar-refractivity contribution in [1.82, 2.24) is 15.1 Å². The Morgan fingerprint density at radius 3 is 2.42 bits per heavy atom. The number of likely N-dealkylation sites (N-methyl/N-ethyl adjacent to an activating group) is 2. The summed E-state index contributed by atoms with van der Waals surface area (Å²) in [6, 6.07) is 7.97. The van der Waals surface area contributed by atoms with Gasteiger partial charge in [-0.05, 0) is 38.8 Å². The summed E-state index contributed by atoms with van der Waals surface area (Å²) in [7, 11) is 3.57. The molecule has 1 N–H and O–H groups in total. The number of aliphatic imine (C=N–C) groups is 1. The van der Waals surface area contributed by atoms with Gasteiger partial charge in [0.05, 0.1) is 13.7 Å². The van der Waals surface area contributed by atoms with Gasteiger partial charge in [-0.25, -0.2) is 0 Å². The molecule has 0 saturated heterocycles. The Morgan fingerprint density at radius 2 is 1.85 bits per heavy atom. The second-order valence-electron chi connectivity index (χ2n) is 5.72. The van der Waals surface area contributed by atoms with Crippen molar-refractivity contribution >= 4 is 35.8 Å². The number of methoxy groups -OCH3 is 1. The van der Waals surface area contributed by atoms with E-state index in [1.807, 2.05) is 55.8 Å². The average molecular weight is 476 g/mol. The van der Waals surface area contributed by atoms with Crippen molar-refractivity contribution in [2.75, 3.05) is 46.9 Å². The molecule has 0 atom stereocenters. The summed E-state index contributed by atoms with van der Waals surface area (Å²) < 4.78 is 5.38. The largest absolute Gasteiger partial charge is 0.496 e. The minimum atomic E-state index is 0. The topological polar surface area (TPSA) is 57.2 Å². The molecular weight excluding hydrogens is 443 g/mol.